The monoisotopic (exact) mass is 329 g/mol. The SMILES string of the molecule is O=C(Nc1ccn(-c2ccccc2)n1)c1cc2ccccc2cc1O. The Morgan fingerprint density at radius 2 is 1.60 bits per heavy atom. The number of nitrogens with one attached hydrogen (secondary N) is 1. The number of phenols is 1. The summed E-state index contributed by atoms with van der Waals surface area (Å²) in [5.41, 5.74) is 1.12. The lowest BCUT2D eigenvalue weighted by Gasteiger charge is -2.07. The van der Waals surface area contributed by atoms with Crippen LogP contribution in [-0.2, 0) is 0 Å². The van der Waals surface area contributed by atoms with Gasteiger partial charge in [-0.1, -0.05) is 42.5 Å². The van der Waals surface area contributed by atoms with Crippen molar-refractivity contribution in [2.24, 2.45) is 0 Å². The number of amides is 1. The molecule has 0 fully saturated rings. The number of anilines is 1. The van der Waals surface area contributed by atoms with Crippen LogP contribution in [0.5, 0.6) is 5.75 Å². The minimum Gasteiger partial charge on any atom is -0.507 e. The highest BCUT2D eigenvalue weighted by Gasteiger charge is 2.14. The molecule has 0 aliphatic carbocycles. The second-order valence-corrected chi connectivity index (χ2v) is 5.65. The average molecular weight is 329 g/mol. The predicted molar refractivity (Wildman–Crippen MR) is 97.1 cm³/mol. The molecule has 3 aromatic carbocycles. The molecule has 0 radical (unpaired) electrons. The van der Waals surface area contributed by atoms with Crippen molar-refractivity contribution in [2.45, 2.75) is 0 Å². The normalized spacial score (nSPS) is 10.7. The summed E-state index contributed by atoms with van der Waals surface area (Å²) >= 11 is 0. The number of para-hydroxylation sites is 1. The zero-order valence-corrected chi connectivity index (χ0v) is 13.3. The number of nitrogens with zero attached hydrogens (tertiary/aromatic N) is 2. The van der Waals surface area contributed by atoms with E-state index in [0.29, 0.717) is 5.82 Å². The van der Waals surface area contributed by atoms with E-state index in [1.807, 2.05) is 54.6 Å². The van der Waals surface area contributed by atoms with Gasteiger partial charge in [-0.15, -0.1) is 0 Å². The van der Waals surface area contributed by atoms with Gasteiger partial charge in [0.25, 0.3) is 5.91 Å². The first-order chi connectivity index (χ1) is 12.2. The molecular weight excluding hydrogens is 314 g/mol. The first-order valence-electron chi connectivity index (χ1n) is 7.85. The lowest BCUT2D eigenvalue weighted by molar-refractivity contribution is 0.102. The molecule has 0 atom stereocenters. The highest BCUT2D eigenvalue weighted by atomic mass is 16.3. The molecule has 4 rings (SSSR count). The summed E-state index contributed by atoms with van der Waals surface area (Å²) in [5.74, 6) is -0.0401. The molecule has 1 heterocycles. The Labute approximate surface area is 144 Å². The van der Waals surface area contributed by atoms with Gasteiger partial charge in [-0.05, 0) is 35.0 Å². The van der Waals surface area contributed by atoms with Crippen LogP contribution in [0.2, 0.25) is 0 Å². The molecule has 0 spiro atoms. The molecule has 0 unspecified atom stereocenters. The number of fused-ring (bicyclic) bond motifs is 1. The zero-order valence-electron chi connectivity index (χ0n) is 13.3. The van der Waals surface area contributed by atoms with Crippen molar-refractivity contribution in [3.63, 3.8) is 0 Å². The van der Waals surface area contributed by atoms with E-state index in [9.17, 15) is 9.90 Å². The van der Waals surface area contributed by atoms with Gasteiger partial charge in [0.05, 0.1) is 11.3 Å². The van der Waals surface area contributed by atoms with E-state index < -0.39 is 5.91 Å². The Bertz CT molecular complexity index is 1050. The van der Waals surface area contributed by atoms with Gasteiger partial charge >= 0.3 is 0 Å². The van der Waals surface area contributed by atoms with Crippen molar-refractivity contribution in [1.29, 1.82) is 0 Å². The third-order valence-corrected chi connectivity index (χ3v) is 3.96. The molecule has 0 aliphatic rings. The Kier molecular flexibility index (Phi) is 3.67. The summed E-state index contributed by atoms with van der Waals surface area (Å²) in [6, 6.07) is 22.2. The van der Waals surface area contributed by atoms with E-state index in [2.05, 4.69) is 10.4 Å². The molecule has 2 N–H and O–H groups in total. The van der Waals surface area contributed by atoms with Gasteiger partial charge in [0.2, 0.25) is 0 Å². The van der Waals surface area contributed by atoms with Crippen LogP contribution in [0.15, 0.2) is 79.0 Å². The van der Waals surface area contributed by atoms with E-state index in [4.69, 9.17) is 0 Å². The molecule has 0 aliphatic heterocycles. The first-order valence-corrected chi connectivity index (χ1v) is 7.85. The zero-order chi connectivity index (χ0) is 17.2. The van der Waals surface area contributed by atoms with Crippen molar-refractivity contribution in [2.75, 3.05) is 5.32 Å². The van der Waals surface area contributed by atoms with E-state index >= 15 is 0 Å². The molecule has 5 nitrogen and oxygen atoms in total. The number of carbonyl (C=O) groups is 1. The van der Waals surface area contributed by atoms with Crippen LogP contribution < -0.4 is 5.32 Å². The Morgan fingerprint density at radius 1 is 0.920 bits per heavy atom. The smallest absolute Gasteiger partial charge is 0.260 e. The maximum Gasteiger partial charge on any atom is 0.260 e. The number of carbonyl (C=O) groups excluding carboxylic acids is 1. The van der Waals surface area contributed by atoms with Gasteiger partial charge in [-0.2, -0.15) is 5.10 Å². The fourth-order valence-electron chi connectivity index (χ4n) is 2.71. The summed E-state index contributed by atoms with van der Waals surface area (Å²) in [7, 11) is 0. The standard InChI is InChI=1S/C20H15N3O2/c24-18-13-15-7-5-4-6-14(15)12-17(18)20(25)21-19-10-11-23(22-19)16-8-2-1-3-9-16/h1-13,24H,(H,21,22,25). The van der Waals surface area contributed by atoms with Crippen molar-refractivity contribution >= 4 is 22.5 Å². The van der Waals surface area contributed by atoms with Gasteiger partial charge in [-0.25, -0.2) is 4.68 Å². The van der Waals surface area contributed by atoms with Gasteiger partial charge < -0.3 is 10.4 Å². The Morgan fingerprint density at radius 3 is 2.36 bits per heavy atom. The minimum atomic E-state index is -0.401. The summed E-state index contributed by atoms with van der Waals surface area (Å²) in [4.78, 5) is 12.5. The van der Waals surface area contributed by atoms with Crippen molar-refractivity contribution in [3.05, 3.63) is 84.6 Å². The van der Waals surface area contributed by atoms with Crippen molar-refractivity contribution < 1.29 is 9.90 Å². The van der Waals surface area contributed by atoms with E-state index in [1.54, 1.807) is 29.1 Å². The third-order valence-electron chi connectivity index (χ3n) is 3.96. The molecule has 1 amide bonds. The van der Waals surface area contributed by atoms with Crippen LogP contribution in [0.25, 0.3) is 16.5 Å². The highest BCUT2D eigenvalue weighted by molar-refractivity contribution is 6.08. The van der Waals surface area contributed by atoms with E-state index in [0.717, 1.165) is 16.5 Å². The highest BCUT2D eigenvalue weighted by Crippen LogP contribution is 2.25. The fourth-order valence-corrected chi connectivity index (χ4v) is 2.71. The quantitative estimate of drug-likeness (QED) is 0.597. The third kappa shape index (κ3) is 2.95. The van der Waals surface area contributed by atoms with Crippen LogP contribution in [0.4, 0.5) is 5.82 Å². The first kappa shape index (κ1) is 15.0. The number of aromatic nitrogens is 2. The van der Waals surface area contributed by atoms with Crippen LogP contribution in [-0.4, -0.2) is 20.8 Å². The predicted octanol–water partition coefficient (Wildman–Crippen LogP) is 3.98. The molecular formula is C20H15N3O2. The van der Waals surface area contributed by atoms with Crippen molar-refractivity contribution in [3.8, 4) is 11.4 Å². The number of hydrogen-bond acceptors (Lipinski definition) is 3. The van der Waals surface area contributed by atoms with Crippen LogP contribution in [0.3, 0.4) is 0 Å². The summed E-state index contributed by atoms with van der Waals surface area (Å²) < 4.78 is 1.68. The largest absolute Gasteiger partial charge is 0.507 e. The number of phenolic OH excluding ortho intramolecular Hbond substituents is 1. The van der Waals surface area contributed by atoms with E-state index in [-0.39, 0.29) is 11.3 Å². The topological polar surface area (TPSA) is 67.2 Å². The Hall–Kier alpha value is -3.60. The van der Waals surface area contributed by atoms with Crippen LogP contribution >= 0.6 is 0 Å². The summed E-state index contributed by atoms with van der Waals surface area (Å²) in [6.45, 7) is 0. The Balaban J connectivity index is 1.60. The number of benzene rings is 3. The van der Waals surface area contributed by atoms with Gasteiger partial charge in [0.15, 0.2) is 5.82 Å². The van der Waals surface area contributed by atoms with Crippen molar-refractivity contribution in [1.82, 2.24) is 9.78 Å². The van der Waals surface area contributed by atoms with Crippen LogP contribution in [0, 0.1) is 0 Å². The molecule has 4 aromatic rings. The molecule has 5 heteroatoms. The van der Waals surface area contributed by atoms with Gasteiger partial charge in [-0.3, -0.25) is 4.79 Å². The molecule has 122 valence electrons. The molecule has 0 bridgehead atoms. The van der Waals surface area contributed by atoms with E-state index in [1.165, 1.54) is 0 Å². The second kappa shape index (κ2) is 6.13. The number of aromatic hydroxyl groups is 1. The summed E-state index contributed by atoms with van der Waals surface area (Å²) in [5, 5.41) is 19.0. The number of rotatable bonds is 3. The lowest BCUT2D eigenvalue weighted by Crippen LogP contribution is -2.13. The maximum atomic E-state index is 12.5. The number of hydrogen-bond donors (Lipinski definition) is 2. The summed E-state index contributed by atoms with van der Waals surface area (Å²) in [6.07, 6.45) is 1.77. The molecule has 0 saturated carbocycles. The van der Waals surface area contributed by atoms with Crippen LogP contribution in [0.1, 0.15) is 10.4 Å². The fraction of sp³-hybridized carbons (Fsp3) is 0. The molecule has 1 aromatic heterocycles. The lowest BCUT2D eigenvalue weighted by atomic mass is 10.1. The van der Waals surface area contributed by atoms with Gasteiger partial charge in [0.1, 0.15) is 5.75 Å². The maximum absolute atomic E-state index is 12.5. The van der Waals surface area contributed by atoms with Gasteiger partial charge in [0, 0.05) is 12.3 Å². The average Bonchev–Trinajstić information content (AvgIpc) is 3.10. The minimum absolute atomic E-state index is 0.0568. The molecule has 25 heavy (non-hydrogen) atoms. The second-order valence-electron chi connectivity index (χ2n) is 5.65. The molecule has 0 saturated heterocycles.